The topological polar surface area (TPSA) is 111 Å². The highest BCUT2D eigenvalue weighted by atomic mass is 16.5. The summed E-state index contributed by atoms with van der Waals surface area (Å²) < 4.78 is 6.56. The van der Waals surface area contributed by atoms with Crippen molar-refractivity contribution in [1.29, 1.82) is 0 Å². The van der Waals surface area contributed by atoms with Crippen LogP contribution in [0.3, 0.4) is 0 Å². The predicted octanol–water partition coefficient (Wildman–Crippen LogP) is -1.53. The number of hydrogen-bond acceptors (Lipinski definition) is 6. The summed E-state index contributed by atoms with van der Waals surface area (Å²) in [5.74, 6) is 0.138. The molecule has 0 saturated carbocycles. The fourth-order valence-electron chi connectivity index (χ4n) is 1.70. The smallest absolute Gasteiger partial charge is 0.351 e. The molecule has 1 saturated heterocycles. The van der Waals surface area contributed by atoms with Gasteiger partial charge in [0.1, 0.15) is 18.1 Å². The van der Waals surface area contributed by atoms with E-state index in [1.54, 1.807) is 0 Å². The van der Waals surface area contributed by atoms with E-state index in [1.165, 1.54) is 16.8 Å². The van der Waals surface area contributed by atoms with Crippen molar-refractivity contribution in [2.24, 2.45) is 0 Å². The number of anilines is 1. The second-order valence-corrected chi connectivity index (χ2v) is 3.66. The Morgan fingerprint density at radius 1 is 1.69 bits per heavy atom. The Morgan fingerprint density at radius 2 is 2.44 bits per heavy atom. The summed E-state index contributed by atoms with van der Waals surface area (Å²) >= 11 is 0. The lowest BCUT2D eigenvalue weighted by atomic mass is 10.2. The number of aliphatic hydroxyl groups is 2. The molecule has 88 valence electrons. The SMILES string of the molecule is Nc1ccn([C@@H]2CC(O)[C@H](CO)O2)c(=O)n1. The van der Waals surface area contributed by atoms with Gasteiger partial charge in [0, 0.05) is 12.6 Å². The van der Waals surface area contributed by atoms with Gasteiger partial charge in [-0.25, -0.2) is 4.79 Å². The van der Waals surface area contributed by atoms with Crippen LogP contribution in [0.15, 0.2) is 17.1 Å². The molecule has 0 bridgehead atoms. The van der Waals surface area contributed by atoms with Gasteiger partial charge in [-0.3, -0.25) is 4.57 Å². The van der Waals surface area contributed by atoms with Gasteiger partial charge in [-0.1, -0.05) is 0 Å². The van der Waals surface area contributed by atoms with Crippen LogP contribution >= 0.6 is 0 Å². The van der Waals surface area contributed by atoms with Crippen LogP contribution < -0.4 is 11.4 Å². The van der Waals surface area contributed by atoms with E-state index in [-0.39, 0.29) is 18.8 Å². The van der Waals surface area contributed by atoms with Crippen molar-refractivity contribution in [2.75, 3.05) is 12.3 Å². The second kappa shape index (κ2) is 4.20. The zero-order valence-corrected chi connectivity index (χ0v) is 8.48. The van der Waals surface area contributed by atoms with Gasteiger partial charge in [-0.15, -0.1) is 0 Å². The lowest BCUT2D eigenvalue weighted by Gasteiger charge is -2.13. The average molecular weight is 227 g/mol. The first kappa shape index (κ1) is 11.1. The molecular formula is C9H13N3O4. The molecule has 0 spiro atoms. The van der Waals surface area contributed by atoms with Crippen molar-refractivity contribution in [1.82, 2.24) is 9.55 Å². The summed E-state index contributed by atoms with van der Waals surface area (Å²) in [6.07, 6.45) is -0.333. The van der Waals surface area contributed by atoms with Gasteiger partial charge in [-0.05, 0) is 6.07 Å². The van der Waals surface area contributed by atoms with Gasteiger partial charge in [0.05, 0.1) is 12.7 Å². The van der Waals surface area contributed by atoms with Gasteiger partial charge in [0.15, 0.2) is 0 Å². The normalized spacial score (nSPS) is 29.5. The van der Waals surface area contributed by atoms with Gasteiger partial charge >= 0.3 is 5.69 Å². The highest BCUT2D eigenvalue weighted by Gasteiger charge is 2.34. The fourth-order valence-corrected chi connectivity index (χ4v) is 1.70. The number of ether oxygens (including phenoxy) is 1. The van der Waals surface area contributed by atoms with E-state index in [1.807, 2.05) is 0 Å². The van der Waals surface area contributed by atoms with Crippen molar-refractivity contribution in [2.45, 2.75) is 24.9 Å². The van der Waals surface area contributed by atoms with Gasteiger partial charge in [0.25, 0.3) is 0 Å². The molecule has 0 aliphatic carbocycles. The van der Waals surface area contributed by atoms with Crippen LogP contribution in [-0.4, -0.2) is 38.6 Å². The zero-order chi connectivity index (χ0) is 11.7. The Bertz CT molecular complexity index is 433. The first-order valence-electron chi connectivity index (χ1n) is 4.91. The molecule has 16 heavy (non-hydrogen) atoms. The lowest BCUT2D eigenvalue weighted by molar-refractivity contribution is -0.0458. The largest absolute Gasteiger partial charge is 0.394 e. The van der Waals surface area contributed by atoms with E-state index in [0.29, 0.717) is 0 Å². The molecule has 0 aromatic carbocycles. The van der Waals surface area contributed by atoms with Crippen LogP contribution in [0.25, 0.3) is 0 Å². The van der Waals surface area contributed by atoms with Crippen LogP contribution in [0, 0.1) is 0 Å². The van der Waals surface area contributed by atoms with E-state index >= 15 is 0 Å². The molecule has 2 heterocycles. The van der Waals surface area contributed by atoms with Crippen molar-refractivity contribution in [3.05, 3.63) is 22.7 Å². The number of hydrogen-bond donors (Lipinski definition) is 3. The van der Waals surface area contributed by atoms with Crippen molar-refractivity contribution in [3.8, 4) is 0 Å². The summed E-state index contributed by atoms with van der Waals surface area (Å²) in [5.41, 5.74) is 4.82. The van der Waals surface area contributed by atoms with Gasteiger partial charge < -0.3 is 20.7 Å². The molecule has 2 rings (SSSR count). The van der Waals surface area contributed by atoms with Crippen LogP contribution in [0.4, 0.5) is 5.82 Å². The van der Waals surface area contributed by atoms with Gasteiger partial charge in [-0.2, -0.15) is 4.98 Å². The van der Waals surface area contributed by atoms with Crippen LogP contribution in [-0.2, 0) is 4.74 Å². The number of rotatable bonds is 2. The third-order valence-corrected chi connectivity index (χ3v) is 2.55. The molecule has 1 aromatic heterocycles. The summed E-state index contributed by atoms with van der Waals surface area (Å²) in [7, 11) is 0. The zero-order valence-electron chi connectivity index (χ0n) is 8.48. The molecule has 1 aliphatic rings. The molecule has 0 radical (unpaired) electrons. The quantitative estimate of drug-likeness (QED) is 0.565. The van der Waals surface area contributed by atoms with E-state index in [4.69, 9.17) is 15.6 Å². The van der Waals surface area contributed by atoms with E-state index < -0.39 is 24.1 Å². The maximum Gasteiger partial charge on any atom is 0.351 e. The average Bonchev–Trinajstić information content (AvgIpc) is 2.59. The minimum atomic E-state index is -0.778. The standard InChI is InChI=1S/C9H13N3O4/c10-7-1-2-12(9(15)11-7)8-3-5(14)6(4-13)16-8/h1-2,5-6,8,13-14H,3-4H2,(H2,10,11,15)/t5?,6-,8-/m0/s1. The number of nitrogens with zero attached hydrogens (tertiary/aromatic N) is 2. The summed E-state index contributed by atoms with van der Waals surface area (Å²) in [6.45, 7) is -0.283. The maximum absolute atomic E-state index is 11.5. The molecule has 1 unspecified atom stereocenters. The molecule has 0 amide bonds. The maximum atomic E-state index is 11.5. The minimum absolute atomic E-state index is 0.138. The number of nitrogen functional groups attached to an aromatic ring is 1. The van der Waals surface area contributed by atoms with Crippen molar-refractivity contribution >= 4 is 5.82 Å². The third kappa shape index (κ3) is 1.92. The van der Waals surface area contributed by atoms with Crippen LogP contribution in [0.5, 0.6) is 0 Å². The van der Waals surface area contributed by atoms with E-state index in [9.17, 15) is 9.90 Å². The third-order valence-electron chi connectivity index (χ3n) is 2.55. The highest BCUT2D eigenvalue weighted by molar-refractivity contribution is 5.23. The lowest BCUT2D eigenvalue weighted by Crippen LogP contribution is -2.27. The van der Waals surface area contributed by atoms with Crippen molar-refractivity contribution in [3.63, 3.8) is 0 Å². The molecular weight excluding hydrogens is 214 g/mol. The van der Waals surface area contributed by atoms with E-state index in [2.05, 4.69) is 4.98 Å². The highest BCUT2D eigenvalue weighted by Crippen LogP contribution is 2.27. The number of aliphatic hydroxyl groups excluding tert-OH is 2. The molecule has 1 fully saturated rings. The first-order valence-corrected chi connectivity index (χ1v) is 4.91. The van der Waals surface area contributed by atoms with Crippen molar-refractivity contribution < 1.29 is 14.9 Å². The Kier molecular flexibility index (Phi) is 2.90. The molecule has 7 nitrogen and oxygen atoms in total. The van der Waals surface area contributed by atoms with Gasteiger partial charge in [0.2, 0.25) is 0 Å². The summed E-state index contributed by atoms with van der Waals surface area (Å²) in [4.78, 5) is 15.0. The number of aromatic nitrogens is 2. The van der Waals surface area contributed by atoms with Crippen LogP contribution in [0.2, 0.25) is 0 Å². The Labute approximate surface area is 91.1 Å². The Morgan fingerprint density at radius 3 is 3.00 bits per heavy atom. The fraction of sp³-hybridized carbons (Fsp3) is 0.556. The molecule has 4 N–H and O–H groups in total. The second-order valence-electron chi connectivity index (χ2n) is 3.66. The molecule has 1 aromatic rings. The monoisotopic (exact) mass is 227 g/mol. The molecule has 7 heteroatoms. The summed E-state index contributed by atoms with van der Waals surface area (Å²) in [6, 6.07) is 1.48. The molecule has 3 atom stereocenters. The minimum Gasteiger partial charge on any atom is -0.394 e. The predicted molar refractivity (Wildman–Crippen MR) is 54.5 cm³/mol. The summed E-state index contributed by atoms with van der Waals surface area (Å²) in [5, 5.41) is 18.4. The number of nitrogens with two attached hydrogens (primary N) is 1. The first-order chi connectivity index (χ1) is 7.61. The molecule has 1 aliphatic heterocycles. The van der Waals surface area contributed by atoms with Crippen LogP contribution in [0.1, 0.15) is 12.6 Å². The Hall–Kier alpha value is -1.44. The van der Waals surface area contributed by atoms with E-state index in [0.717, 1.165) is 0 Å². The Balaban J connectivity index is 2.23.